The normalized spacial score (nSPS) is 21.0. The third kappa shape index (κ3) is 4.81. The molecule has 3 N–H and O–H groups in total. The minimum Gasteiger partial charge on any atom is -0.394 e. The number of aliphatic hydroxyl groups excluding tert-OH is 1. The fourth-order valence-electron chi connectivity index (χ4n) is 2.38. The third-order valence-corrected chi connectivity index (χ3v) is 3.39. The molecule has 0 heterocycles. The van der Waals surface area contributed by atoms with E-state index in [1.54, 1.807) is 0 Å². The second kappa shape index (κ2) is 5.99. The van der Waals surface area contributed by atoms with Gasteiger partial charge >= 0.3 is 0 Å². The van der Waals surface area contributed by atoms with Crippen molar-refractivity contribution in [2.24, 2.45) is 0 Å². The van der Waals surface area contributed by atoms with E-state index in [2.05, 4.69) is 31.4 Å². The molecule has 0 radical (unpaired) electrons. The molecule has 0 spiro atoms. The van der Waals surface area contributed by atoms with Crippen molar-refractivity contribution >= 4 is 0 Å². The van der Waals surface area contributed by atoms with Crippen LogP contribution in [0.3, 0.4) is 0 Å². The van der Waals surface area contributed by atoms with E-state index in [0.717, 1.165) is 25.9 Å². The average Bonchev–Trinajstić information content (AvgIpc) is 2.25. The molecule has 0 unspecified atom stereocenters. The summed E-state index contributed by atoms with van der Waals surface area (Å²) in [4.78, 5) is 0. The Morgan fingerprint density at radius 3 is 2.19 bits per heavy atom. The summed E-state index contributed by atoms with van der Waals surface area (Å²) in [5.74, 6) is 0. The smallest absolute Gasteiger partial charge is 0.0613 e. The molecule has 0 bridgehead atoms. The summed E-state index contributed by atoms with van der Waals surface area (Å²) >= 11 is 0. The van der Waals surface area contributed by atoms with Gasteiger partial charge in [-0.25, -0.2) is 0 Å². The molecule has 1 saturated carbocycles. The zero-order valence-corrected chi connectivity index (χ0v) is 11.1. The van der Waals surface area contributed by atoms with Gasteiger partial charge in [0.1, 0.15) is 0 Å². The van der Waals surface area contributed by atoms with Crippen molar-refractivity contribution in [3.63, 3.8) is 0 Å². The molecule has 0 aromatic rings. The standard InChI is InChI=1S/C13H28N2O/c1-12(2,3)14-9-10-15-13(11-16)7-5-4-6-8-13/h14-16H,4-11H2,1-3H3. The van der Waals surface area contributed by atoms with Crippen LogP contribution in [0, 0.1) is 0 Å². The van der Waals surface area contributed by atoms with Gasteiger partial charge < -0.3 is 15.7 Å². The Morgan fingerprint density at radius 2 is 1.69 bits per heavy atom. The molecule has 0 aromatic heterocycles. The van der Waals surface area contributed by atoms with Crippen LogP contribution >= 0.6 is 0 Å². The summed E-state index contributed by atoms with van der Waals surface area (Å²) in [6.07, 6.45) is 6.07. The number of nitrogens with one attached hydrogen (secondary N) is 2. The van der Waals surface area contributed by atoms with Gasteiger partial charge in [0.15, 0.2) is 0 Å². The van der Waals surface area contributed by atoms with E-state index in [1.165, 1.54) is 19.3 Å². The van der Waals surface area contributed by atoms with Crippen molar-refractivity contribution in [2.45, 2.75) is 64.0 Å². The van der Waals surface area contributed by atoms with Gasteiger partial charge in [-0.3, -0.25) is 0 Å². The Morgan fingerprint density at radius 1 is 1.06 bits per heavy atom. The van der Waals surface area contributed by atoms with Crippen LogP contribution in [0.1, 0.15) is 52.9 Å². The summed E-state index contributed by atoms with van der Waals surface area (Å²) in [7, 11) is 0. The minimum atomic E-state index is 0.0117. The molecular weight excluding hydrogens is 200 g/mol. The van der Waals surface area contributed by atoms with Crippen LogP contribution in [-0.2, 0) is 0 Å². The monoisotopic (exact) mass is 228 g/mol. The van der Waals surface area contributed by atoms with Gasteiger partial charge in [-0.05, 0) is 33.6 Å². The lowest BCUT2D eigenvalue weighted by atomic mass is 9.82. The van der Waals surface area contributed by atoms with Gasteiger partial charge in [0, 0.05) is 24.2 Å². The van der Waals surface area contributed by atoms with Crippen molar-refractivity contribution in [2.75, 3.05) is 19.7 Å². The van der Waals surface area contributed by atoms with Crippen LogP contribution in [0.4, 0.5) is 0 Å². The molecule has 1 aliphatic carbocycles. The van der Waals surface area contributed by atoms with E-state index in [4.69, 9.17) is 0 Å². The first-order valence-corrected chi connectivity index (χ1v) is 6.58. The molecule has 1 aliphatic rings. The highest BCUT2D eigenvalue weighted by molar-refractivity contribution is 4.90. The zero-order valence-electron chi connectivity index (χ0n) is 11.1. The van der Waals surface area contributed by atoms with Crippen LogP contribution in [-0.4, -0.2) is 35.9 Å². The molecule has 0 aliphatic heterocycles. The Bertz CT molecular complexity index is 193. The second-order valence-electron chi connectivity index (χ2n) is 6.10. The van der Waals surface area contributed by atoms with Crippen molar-refractivity contribution in [1.29, 1.82) is 0 Å². The summed E-state index contributed by atoms with van der Waals surface area (Å²) in [5.41, 5.74) is 0.193. The molecule has 0 amide bonds. The molecule has 3 nitrogen and oxygen atoms in total. The van der Waals surface area contributed by atoms with Crippen molar-refractivity contribution in [3.8, 4) is 0 Å². The highest BCUT2D eigenvalue weighted by Gasteiger charge is 2.30. The second-order valence-corrected chi connectivity index (χ2v) is 6.10. The fourth-order valence-corrected chi connectivity index (χ4v) is 2.38. The summed E-state index contributed by atoms with van der Waals surface area (Å²) in [5, 5.41) is 16.5. The number of aliphatic hydroxyl groups is 1. The maximum absolute atomic E-state index is 9.52. The first-order chi connectivity index (χ1) is 7.47. The quantitative estimate of drug-likeness (QED) is 0.627. The molecule has 0 atom stereocenters. The molecule has 96 valence electrons. The van der Waals surface area contributed by atoms with E-state index in [0.29, 0.717) is 0 Å². The van der Waals surface area contributed by atoms with E-state index >= 15 is 0 Å². The topological polar surface area (TPSA) is 44.3 Å². The van der Waals surface area contributed by atoms with Gasteiger partial charge in [-0.15, -0.1) is 0 Å². The van der Waals surface area contributed by atoms with Gasteiger partial charge in [0.25, 0.3) is 0 Å². The maximum Gasteiger partial charge on any atom is 0.0613 e. The first kappa shape index (κ1) is 13.9. The predicted molar refractivity (Wildman–Crippen MR) is 68.7 cm³/mol. The summed E-state index contributed by atoms with van der Waals surface area (Å²) < 4.78 is 0. The lowest BCUT2D eigenvalue weighted by Crippen LogP contribution is -2.52. The Kier molecular flexibility index (Phi) is 5.22. The lowest BCUT2D eigenvalue weighted by molar-refractivity contribution is 0.121. The van der Waals surface area contributed by atoms with Crippen LogP contribution < -0.4 is 10.6 Å². The van der Waals surface area contributed by atoms with Gasteiger partial charge in [-0.1, -0.05) is 19.3 Å². The van der Waals surface area contributed by atoms with Crippen LogP contribution in [0.15, 0.2) is 0 Å². The predicted octanol–water partition coefficient (Wildman–Crippen LogP) is 1.66. The molecule has 1 fully saturated rings. The summed E-state index contributed by atoms with van der Waals surface area (Å²) in [6, 6.07) is 0. The number of rotatable bonds is 5. The minimum absolute atomic E-state index is 0.0117. The van der Waals surface area contributed by atoms with E-state index in [-0.39, 0.29) is 17.7 Å². The molecule has 1 rings (SSSR count). The summed E-state index contributed by atoms with van der Waals surface area (Å²) in [6.45, 7) is 8.71. The lowest BCUT2D eigenvalue weighted by Gasteiger charge is -2.37. The van der Waals surface area contributed by atoms with Crippen molar-refractivity contribution < 1.29 is 5.11 Å². The first-order valence-electron chi connectivity index (χ1n) is 6.58. The molecular formula is C13H28N2O. The van der Waals surface area contributed by atoms with Crippen LogP contribution in [0.25, 0.3) is 0 Å². The largest absolute Gasteiger partial charge is 0.394 e. The Balaban J connectivity index is 2.23. The number of hydrogen-bond donors (Lipinski definition) is 3. The molecule has 3 heteroatoms. The zero-order chi connectivity index (χ0) is 12.1. The van der Waals surface area contributed by atoms with E-state index < -0.39 is 0 Å². The van der Waals surface area contributed by atoms with Gasteiger partial charge in [-0.2, -0.15) is 0 Å². The third-order valence-electron chi connectivity index (χ3n) is 3.39. The highest BCUT2D eigenvalue weighted by atomic mass is 16.3. The number of hydrogen-bond acceptors (Lipinski definition) is 3. The van der Waals surface area contributed by atoms with E-state index in [9.17, 15) is 5.11 Å². The van der Waals surface area contributed by atoms with Crippen LogP contribution in [0.2, 0.25) is 0 Å². The Labute approximate surface area is 100 Å². The van der Waals surface area contributed by atoms with Crippen molar-refractivity contribution in [3.05, 3.63) is 0 Å². The van der Waals surface area contributed by atoms with Crippen LogP contribution in [0.5, 0.6) is 0 Å². The average molecular weight is 228 g/mol. The van der Waals surface area contributed by atoms with Crippen molar-refractivity contribution in [1.82, 2.24) is 10.6 Å². The SMILES string of the molecule is CC(C)(C)NCCNC1(CO)CCCCC1. The van der Waals surface area contributed by atoms with Gasteiger partial charge in [0.05, 0.1) is 6.61 Å². The Hall–Kier alpha value is -0.120. The maximum atomic E-state index is 9.52. The van der Waals surface area contributed by atoms with Gasteiger partial charge in [0.2, 0.25) is 0 Å². The fraction of sp³-hybridized carbons (Fsp3) is 1.00. The molecule has 16 heavy (non-hydrogen) atoms. The highest BCUT2D eigenvalue weighted by Crippen LogP contribution is 2.27. The molecule has 0 saturated heterocycles. The van der Waals surface area contributed by atoms with E-state index in [1.807, 2.05) is 0 Å². The molecule has 0 aromatic carbocycles.